The number of nitrogens with zero attached hydrogens (tertiary/aromatic N) is 1. The monoisotopic (exact) mass is 321 g/mol. The van der Waals surface area contributed by atoms with Gasteiger partial charge in [0.1, 0.15) is 5.75 Å². The lowest BCUT2D eigenvalue weighted by Crippen LogP contribution is -2.06. The molecule has 0 amide bonds. The Hall–Kier alpha value is -2.55. The summed E-state index contributed by atoms with van der Waals surface area (Å²) in [6, 6.07) is 15.5. The van der Waals surface area contributed by atoms with Gasteiger partial charge < -0.3 is 9.30 Å². The molecule has 1 aromatic heterocycles. The fourth-order valence-corrected chi connectivity index (χ4v) is 3.23. The second-order valence-corrected chi connectivity index (χ2v) is 6.04. The molecule has 2 aromatic carbocycles. The van der Waals surface area contributed by atoms with Crippen molar-refractivity contribution >= 4 is 16.7 Å². The molecular formula is C21H23NO2. The SMILES string of the molecule is CCCCn1c(C)c(C(=O)c2cccc(OC)c2)c2ccccc21. The van der Waals surface area contributed by atoms with E-state index in [1.807, 2.05) is 43.3 Å². The number of rotatable bonds is 6. The van der Waals surface area contributed by atoms with E-state index in [0.29, 0.717) is 11.3 Å². The summed E-state index contributed by atoms with van der Waals surface area (Å²) in [4.78, 5) is 13.2. The van der Waals surface area contributed by atoms with Crippen LogP contribution in [-0.2, 0) is 6.54 Å². The third-order valence-corrected chi connectivity index (χ3v) is 4.53. The molecular weight excluding hydrogens is 298 g/mol. The molecule has 0 aliphatic carbocycles. The van der Waals surface area contributed by atoms with E-state index in [1.165, 1.54) is 0 Å². The first kappa shape index (κ1) is 16.3. The van der Waals surface area contributed by atoms with Gasteiger partial charge in [0.15, 0.2) is 5.78 Å². The highest BCUT2D eigenvalue weighted by atomic mass is 16.5. The number of para-hydroxylation sites is 1. The molecule has 1 heterocycles. The van der Waals surface area contributed by atoms with Crippen molar-refractivity contribution in [1.82, 2.24) is 4.57 Å². The van der Waals surface area contributed by atoms with Crippen molar-refractivity contribution in [2.45, 2.75) is 33.2 Å². The van der Waals surface area contributed by atoms with Crippen molar-refractivity contribution in [2.24, 2.45) is 0 Å². The van der Waals surface area contributed by atoms with E-state index in [-0.39, 0.29) is 5.78 Å². The number of methoxy groups -OCH3 is 1. The molecule has 3 rings (SSSR count). The van der Waals surface area contributed by atoms with Crippen LogP contribution in [0.1, 0.15) is 41.4 Å². The summed E-state index contributed by atoms with van der Waals surface area (Å²) in [7, 11) is 1.62. The standard InChI is InChI=1S/C21H23NO2/c1-4-5-13-22-15(2)20(18-11-6-7-12-19(18)22)21(23)16-9-8-10-17(14-16)24-3/h6-12,14H,4-5,13H2,1-3H3. The van der Waals surface area contributed by atoms with Gasteiger partial charge in [0.2, 0.25) is 0 Å². The zero-order chi connectivity index (χ0) is 17.1. The molecule has 0 radical (unpaired) electrons. The van der Waals surface area contributed by atoms with Crippen molar-refractivity contribution in [3.8, 4) is 5.75 Å². The van der Waals surface area contributed by atoms with Gasteiger partial charge in [0.25, 0.3) is 0 Å². The van der Waals surface area contributed by atoms with Crippen molar-refractivity contribution < 1.29 is 9.53 Å². The molecule has 0 N–H and O–H groups in total. The number of ketones is 1. The average Bonchev–Trinajstić information content (AvgIpc) is 2.91. The number of hydrogen-bond donors (Lipinski definition) is 0. The number of benzene rings is 2. The van der Waals surface area contributed by atoms with Crippen LogP contribution in [-0.4, -0.2) is 17.5 Å². The Kier molecular flexibility index (Phi) is 4.70. The molecule has 3 heteroatoms. The summed E-state index contributed by atoms with van der Waals surface area (Å²) in [6.07, 6.45) is 2.23. The van der Waals surface area contributed by atoms with Gasteiger partial charge in [0.05, 0.1) is 12.7 Å². The average molecular weight is 321 g/mol. The van der Waals surface area contributed by atoms with Gasteiger partial charge in [0, 0.05) is 28.7 Å². The maximum Gasteiger partial charge on any atom is 0.195 e. The van der Waals surface area contributed by atoms with Gasteiger partial charge in [-0.1, -0.05) is 43.7 Å². The molecule has 0 aliphatic heterocycles. The summed E-state index contributed by atoms with van der Waals surface area (Å²) in [6.45, 7) is 5.17. The lowest BCUT2D eigenvalue weighted by Gasteiger charge is -2.08. The van der Waals surface area contributed by atoms with E-state index in [2.05, 4.69) is 17.6 Å². The van der Waals surface area contributed by atoms with Crippen LogP contribution in [0.3, 0.4) is 0 Å². The molecule has 0 atom stereocenters. The first-order valence-electron chi connectivity index (χ1n) is 8.44. The second kappa shape index (κ2) is 6.91. The number of unbranched alkanes of at least 4 members (excludes halogenated alkanes) is 1. The maximum atomic E-state index is 13.2. The fourth-order valence-electron chi connectivity index (χ4n) is 3.23. The number of carbonyl (C=O) groups is 1. The Morgan fingerprint density at radius 2 is 1.92 bits per heavy atom. The minimum absolute atomic E-state index is 0.0536. The van der Waals surface area contributed by atoms with Crippen molar-refractivity contribution in [1.29, 1.82) is 0 Å². The van der Waals surface area contributed by atoms with Crippen molar-refractivity contribution in [2.75, 3.05) is 7.11 Å². The van der Waals surface area contributed by atoms with Gasteiger partial charge in [-0.25, -0.2) is 0 Å². The topological polar surface area (TPSA) is 31.2 Å². The second-order valence-electron chi connectivity index (χ2n) is 6.04. The molecule has 3 nitrogen and oxygen atoms in total. The number of aryl methyl sites for hydroxylation is 1. The molecule has 124 valence electrons. The van der Waals surface area contributed by atoms with Crippen LogP contribution in [0.15, 0.2) is 48.5 Å². The molecule has 0 spiro atoms. The van der Waals surface area contributed by atoms with Gasteiger partial charge >= 0.3 is 0 Å². The van der Waals surface area contributed by atoms with E-state index in [9.17, 15) is 4.79 Å². The van der Waals surface area contributed by atoms with Gasteiger partial charge in [-0.2, -0.15) is 0 Å². The van der Waals surface area contributed by atoms with Gasteiger partial charge in [-0.3, -0.25) is 4.79 Å². The van der Waals surface area contributed by atoms with Crippen LogP contribution in [0.5, 0.6) is 5.75 Å². The van der Waals surface area contributed by atoms with Crippen LogP contribution < -0.4 is 4.74 Å². The predicted octanol–water partition coefficient (Wildman–Crippen LogP) is 4.99. The molecule has 3 aromatic rings. The van der Waals surface area contributed by atoms with Crippen LogP contribution >= 0.6 is 0 Å². The number of fused-ring (bicyclic) bond motifs is 1. The maximum absolute atomic E-state index is 13.2. The molecule has 0 fully saturated rings. The first-order valence-corrected chi connectivity index (χ1v) is 8.44. The zero-order valence-electron chi connectivity index (χ0n) is 14.5. The molecule has 0 saturated carbocycles. The Morgan fingerprint density at radius 3 is 2.67 bits per heavy atom. The summed E-state index contributed by atoms with van der Waals surface area (Å²) in [5.41, 5.74) is 3.64. The van der Waals surface area contributed by atoms with E-state index in [1.54, 1.807) is 13.2 Å². The van der Waals surface area contributed by atoms with Crippen molar-refractivity contribution in [3.05, 3.63) is 65.4 Å². The Balaban J connectivity index is 2.14. The number of hydrogen-bond acceptors (Lipinski definition) is 2. The number of aromatic nitrogens is 1. The quantitative estimate of drug-likeness (QED) is 0.599. The molecule has 0 unspecified atom stereocenters. The first-order chi connectivity index (χ1) is 11.7. The minimum Gasteiger partial charge on any atom is -0.497 e. The van der Waals surface area contributed by atoms with Crippen LogP contribution in [0.25, 0.3) is 10.9 Å². The largest absolute Gasteiger partial charge is 0.497 e. The van der Waals surface area contributed by atoms with Crippen LogP contribution in [0.2, 0.25) is 0 Å². The highest BCUT2D eigenvalue weighted by Crippen LogP contribution is 2.29. The molecule has 0 aliphatic rings. The van der Waals surface area contributed by atoms with E-state index in [0.717, 1.165) is 41.5 Å². The predicted molar refractivity (Wildman–Crippen MR) is 98.0 cm³/mol. The Morgan fingerprint density at radius 1 is 1.12 bits per heavy atom. The summed E-state index contributed by atoms with van der Waals surface area (Å²) in [5, 5.41) is 1.03. The highest BCUT2D eigenvalue weighted by Gasteiger charge is 2.21. The summed E-state index contributed by atoms with van der Waals surface area (Å²) >= 11 is 0. The third kappa shape index (κ3) is 2.82. The number of carbonyl (C=O) groups excluding carboxylic acids is 1. The van der Waals surface area contributed by atoms with E-state index in [4.69, 9.17) is 4.74 Å². The molecule has 0 bridgehead atoms. The summed E-state index contributed by atoms with van der Waals surface area (Å²) in [5.74, 6) is 0.756. The fraction of sp³-hybridized carbons (Fsp3) is 0.286. The van der Waals surface area contributed by atoms with E-state index >= 15 is 0 Å². The summed E-state index contributed by atoms with van der Waals surface area (Å²) < 4.78 is 7.53. The Bertz CT molecular complexity index is 877. The zero-order valence-corrected chi connectivity index (χ0v) is 14.5. The highest BCUT2D eigenvalue weighted by molar-refractivity contribution is 6.17. The lowest BCUT2D eigenvalue weighted by atomic mass is 10.0. The molecule has 24 heavy (non-hydrogen) atoms. The van der Waals surface area contributed by atoms with Crippen LogP contribution in [0.4, 0.5) is 0 Å². The molecule has 0 saturated heterocycles. The van der Waals surface area contributed by atoms with Gasteiger partial charge in [-0.15, -0.1) is 0 Å². The smallest absolute Gasteiger partial charge is 0.195 e. The van der Waals surface area contributed by atoms with Crippen LogP contribution in [0, 0.1) is 6.92 Å². The lowest BCUT2D eigenvalue weighted by molar-refractivity contribution is 0.103. The minimum atomic E-state index is 0.0536. The van der Waals surface area contributed by atoms with Crippen molar-refractivity contribution in [3.63, 3.8) is 0 Å². The van der Waals surface area contributed by atoms with Gasteiger partial charge in [-0.05, 0) is 31.5 Å². The number of ether oxygens (including phenoxy) is 1. The normalized spacial score (nSPS) is 11.0. The van der Waals surface area contributed by atoms with E-state index < -0.39 is 0 Å². The third-order valence-electron chi connectivity index (χ3n) is 4.53. The Labute approximate surface area is 142 Å².